The van der Waals surface area contributed by atoms with Gasteiger partial charge in [-0.2, -0.15) is 0 Å². The maximum Gasteiger partial charge on any atom is 0.226 e. The zero-order valence-corrected chi connectivity index (χ0v) is 15.5. The molecule has 0 spiro atoms. The highest BCUT2D eigenvalue weighted by molar-refractivity contribution is 6.30. The molecule has 0 N–H and O–H groups in total. The van der Waals surface area contributed by atoms with Crippen LogP contribution in [0.1, 0.15) is 30.4 Å². The number of nitrogens with zero attached hydrogens (tertiary/aromatic N) is 2. The fraction of sp³-hybridized carbons (Fsp3) is 0.333. The first-order chi connectivity index (χ1) is 13.1. The van der Waals surface area contributed by atoms with Crippen molar-refractivity contribution in [2.75, 3.05) is 6.54 Å². The number of amides is 1. The number of rotatable bonds is 6. The number of oxime groups is 1. The van der Waals surface area contributed by atoms with Gasteiger partial charge in [0, 0.05) is 23.9 Å². The number of hydrogen-bond donors (Lipinski definition) is 0. The van der Waals surface area contributed by atoms with Crippen molar-refractivity contribution >= 4 is 23.2 Å². The van der Waals surface area contributed by atoms with Gasteiger partial charge in [-0.15, -0.1) is 0 Å². The van der Waals surface area contributed by atoms with Gasteiger partial charge in [-0.05, 0) is 48.2 Å². The van der Waals surface area contributed by atoms with Gasteiger partial charge in [-0.1, -0.05) is 41.0 Å². The molecule has 0 unspecified atom stereocenters. The Balaban J connectivity index is 1.43. The molecule has 1 aliphatic heterocycles. The third-order valence-corrected chi connectivity index (χ3v) is 5.07. The first-order valence-electron chi connectivity index (χ1n) is 9.10. The van der Waals surface area contributed by atoms with Crippen molar-refractivity contribution < 1.29 is 14.0 Å². The standard InChI is InChI=1S/C21H20ClFN2O2/c22-17-3-1-2-14(10-17)12-25(21(26)16-4-5-16)13-19-11-20(24-27-19)15-6-8-18(23)9-7-15/h1-3,6-10,16,19H,4-5,11-13H2/t19-/m1/s1. The zero-order chi connectivity index (χ0) is 18.8. The number of hydrogen-bond acceptors (Lipinski definition) is 3. The summed E-state index contributed by atoms with van der Waals surface area (Å²) in [6.45, 7) is 0.970. The SMILES string of the molecule is O=C(C1CC1)N(Cc1cccc(Cl)c1)C[C@H]1CC(c2ccc(F)cc2)=NO1. The maximum absolute atomic E-state index is 13.1. The van der Waals surface area contributed by atoms with Crippen LogP contribution in [0.5, 0.6) is 0 Å². The van der Waals surface area contributed by atoms with Crippen LogP contribution in [0.4, 0.5) is 4.39 Å². The molecule has 27 heavy (non-hydrogen) atoms. The van der Waals surface area contributed by atoms with E-state index in [1.807, 2.05) is 29.2 Å². The summed E-state index contributed by atoms with van der Waals surface area (Å²) in [6.07, 6.45) is 2.30. The molecule has 2 aliphatic rings. The van der Waals surface area contributed by atoms with Crippen LogP contribution < -0.4 is 0 Å². The minimum atomic E-state index is -0.280. The highest BCUT2D eigenvalue weighted by atomic mass is 35.5. The quantitative estimate of drug-likeness (QED) is 0.737. The maximum atomic E-state index is 13.1. The number of carbonyl (C=O) groups is 1. The van der Waals surface area contributed by atoms with Gasteiger partial charge < -0.3 is 9.74 Å². The molecule has 1 fully saturated rings. The van der Waals surface area contributed by atoms with Gasteiger partial charge in [0.05, 0.1) is 12.3 Å². The smallest absolute Gasteiger partial charge is 0.226 e. The Hall–Kier alpha value is -2.40. The molecule has 1 amide bonds. The van der Waals surface area contributed by atoms with E-state index in [0.29, 0.717) is 24.5 Å². The summed E-state index contributed by atoms with van der Waals surface area (Å²) < 4.78 is 13.1. The lowest BCUT2D eigenvalue weighted by Crippen LogP contribution is -2.38. The van der Waals surface area contributed by atoms with Gasteiger partial charge in [0.15, 0.2) is 6.10 Å². The van der Waals surface area contributed by atoms with Crippen LogP contribution in [-0.4, -0.2) is 29.2 Å². The Morgan fingerprint density at radius 3 is 2.70 bits per heavy atom. The van der Waals surface area contributed by atoms with Crippen LogP contribution in [0.3, 0.4) is 0 Å². The molecule has 0 radical (unpaired) electrons. The molecule has 1 heterocycles. The summed E-state index contributed by atoms with van der Waals surface area (Å²) in [5.74, 6) is 0.00873. The number of halogens is 2. The summed E-state index contributed by atoms with van der Waals surface area (Å²) in [5, 5.41) is 4.80. The van der Waals surface area contributed by atoms with Crippen LogP contribution in [0.2, 0.25) is 5.02 Å². The molecule has 0 bridgehead atoms. The average molecular weight is 387 g/mol. The van der Waals surface area contributed by atoms with Crippen molar-refractivity contribution in [3.8, 4) is 0 Å². The second kappa shape index (κ2) is 7.69. The van der Waals surface area contributed by atoms with E-state index in [0.717, 1.165) is 29.7 Å². The third-order valence-electron chi connectivity index (χ3n) is 4.84. The summed E-state index contributed by atoms with van der Waals surface area (Å²) in [7, 11) is 0. The van der Waals surface area contributed by atoms with E-state index in [1.165, 1.54) is 12.1 Å². The molecule has 6 heteroatoms. The topological polar surface area (TPSA) is 41.9 Å². The summed E-state index contributed by atoms with van der Waals surface area (Å²) in [6, 6.07) is 13.8. The molecule has 1 aliphatic carbocycles. The normalized spacial score (nSPS) is 18.7. The largest absolute Gasteiger partial charge is 0.390 e. The van der Waals surface area contributed by atoms with Gasteiger partial charge in [0.1, 0.15) is 5.82 Å². The summed E-state index contributed by atoms with van der Waals surface area (Å²) in [4.78, 5) is 20.1. The fourth-order valence-corrected chi connectivity index (χ4v) is 3.47. The lowest BCUT2D eigenvalue weighted by molar-refractivity contribution is -0.135. The molecule has 0 saturated heterocycles. The second-order valence-electron chi connectivity index (χ2n) is 7.10. The first-order valence-corrected chi connectivity index (χ1v) is 9.48. The van der Waals surface area contributed by atoms with Crippen molar-refractivity contribution in [1.82, 2.24) is 4.90 Å². The first kappa shape index (κ1) is 18.0. The summed E-state index contributed by atoms with van der Waals surface area (Å²) >= 11 is 6.08. The van der Waals surface area contributed by atoms with Crippen LogP contribution in [0, 0.1) is 11.7 Å². The van der Waals surface area contributed by atoms with Crippen LogP contribution in [-0.2, 0) is 16.2 Å². The Bertz CT molecular complexity index is 865. The molecule has 2 aromatic rings. The van der Waals surface area contributed by atoms with Gasteiger partial charge >= 0.3 is 0 Å². The van der Waals surface area contributed by atoms with Gasteiger partial charge in [0.2, 0.25) is 5.91 Å². The molecular formula is C21H20ClFN2O2. The fourth-order valence-electron chi connectivity index (χ4n) is 3.26. The lowest BCUT2D eigenvalue weighted by atomic mass is 10.0. The molecule has 1 saturated carbocycles. The zero-order valence-electron chi connectivity index (χ0n) is 14.8. The van der Waals surface area contributed by atoms with Crippen LogP contribution in [0.25, 0.3) is 0 Å². The molecule has 0 aromatic heterocycles. The van der Waals surface area contributed by atoms with Gasteiger partial charge in [-0.3, -0.25) is 4.79 Å². The molecule has 2 aromatic carbocycles. The van der Waals surface area contributed by atoms with E-state index in [-0.39, 0.29) is 23.7 Å². The Morgan fingerprint density at radius 2 is 2.00 bits per heavy atom. The van der Waals surface area contributed by atoms with E-state index in [2.05, 4.69) is 5.16 Å². The van der Waals surface area contributed by atoms with Crippen molar-refractivity contribution in [3.05, 3.63) is 70.5 Å². The van der Waals surface area contributed by atoms with Gasteiger partial charge in [-0.25, -0.2) is 4.39 Å². The van der Waals surface area contributed by atoms with E-state index < -0.39 is 0 Å². The Kier molecular flexibility index (Phi) is 5.12. The minimum absolute atomic E-state index is 0.128. The molecular weight excluding hydrogens is 367 g/mol. The lowest BCUT2D eigenvalue weighted by Gasteiger charge is -2.25. The van der Waals surface area contributed by atoms with Crippen molar-refractivity contribution in [3.63, 3.8) is 0 Å². The minimum Gasteiger partial charge on any atom is -0.390 e. The van der Waals surface area contributed by atoms with E-state index in [9.17, 15) is 9.18 Å². The molecule has 1 atom stereocenters. The van der Waals surface area contributed by atoms with Crippen molar-refractivity contribution in [1.29, 1.82) is 0 Å². The highest BCUT2D eigenvalue weighted by Gasteiger charge is 2.35. The molecule has 4 nitrogen and oxygen atoms in total. The Morgan fingerprint density at radius 1 is 1.22 bits per heavy atom. The monoisotopic (exact) mass is 386 g/mol. The Labute approximate surface area is 162 Å². The molecule has 4 rings (SSSR count). The average Bonchev–Trinajstić information content (AvgIpc) is 3.40. The summed E-state index contributed by atoms with van der Waals surface area (Å²) in [5.41, 5.74) is 2.62. The van der Waals surface area contributed by atoms with Crippen molar-refractivity contribution in [2.45, 2.75) is 31.9 Å². The van der Waals surface area contributed by atoms with Crippen molar-refractivity contribution in [2.24, 2.45) is 11.1 Å². The van der Waals surface area contributed by atoms with Crippen LogP contribution in [0.15, 0.2) is 53.7 Å². The third kappa shape index (κ3) is 4.48. The highest BCUT2D eigenvalue weighted by Crippen LogP contribution is 2.32. The van der Waals surface area contributed by atoms with E-state index in [4.69, 9.17) is 16.4 Å². The van der Waals surface area contributed by atoms with Gasteiger partial charge in [0.25, 0.3) is 0 Å². The predicted octanol–water partition coefficient (Wildman–Crippen LogP) is 4.41. The van der Waals surface area contributed by atoms with E-state index in [1.54, 1.807) is 12.1 Å². The number of benzene rings is 2. The van der Waals surface area contributed by atoms with E-state index >= 15 is 0 Å². The molecule has 140 valence electrons. The second-order valence-corrected chi connectivity index (χ2v) is 7.54. The number of carbonyl (C=O) groups excluding carboxylic acids is 1. The van der Waals surface area contributed by atoms with Crippen LogP contribution >= 0.6 is 11.6 Å². The predicted molar refractivity (Wildman–Crippen MR) is 102 cm³/mol.